The number of hydrogen-bond donors (Lipinski definition) is 0. The molecule has 0 aliphatic heterocycles. The van der Waals surface area contributed by atoms with Crippen molar-refractivity contribution in [3.05, 3.63) is 0 Å². The normalized spacial score (nSPS) is 11.2. The van der Waals surface area contributed by atoms with E-state index in [1.807, 2.05) is 0 Å². The monoisotopic (exact) mass is 315 g/mol. The largest absolute Gasteiger partial charge is 0.341 e. The average Bonchev–Trinajstić information content (AvgIpc) is 2.24. The molecule has 0 rings (SSSR count). The fourth-order valence-corrected chi connectivity index (χ4v) is 3.48. The number of unbranched alkanes of at least 4 members (excludes halogenated alkanes) is 7. The van der Waals surface area contributed by atoms with E-state index in [1.165, 1.54) is 25.7 Å². The predicted molar refractivity (Wildman–Crippen MR) is 78.0 cm³/mol. The molecule has 0 saturated heterocycles. The first-order chi connectivity index (χ1) is 8.06. The van der Waals surface area contributed by atoms with Gasteiger partial charge in [0.15, 0.2) is 0 Å². The van der Waals surface area contributed by atoms with Crippen molar-refractivity contribution in [2.45, 2.75) is 57.4 Å². The van der Waals surface area contributed by atoms with Gasteiger partial charge in [0.05, 0.1) is 6.54 Å². The second-order valence-corrected chi connectivity index (χ2v) is 13.4. The van der Waals surface area contributed by atoms with Gasteiger partial charge in [-0.25, -0.2) is 9.79 Å². The van der Waals surface area contributed by atoms with Crippen LogP contribution in [-0.2, 0) is 4.79 Å². The molecule has 0 aromatic carbocycles. The molecule has 0 aromatic rings. The van der Waals surface area contributed by atoms with Crippen molar-refractivity contribution in [2.75, 3.05) is 6.54 Å². The fraction of sp³-hybridized carbons (Fsp3) is 0.909. The average molecular weight is 317 g/mol. The summed E-state index contributed by atoms with van der Waals surface area (Å²) in [5.41, 5.74) is 0. The lowest BCUT2D eigenvalue weighted by molar-refractivity contribution is 0.558. The van der Waals surface area contributed by atoms with E-state index in [0.29, 0.717) is 6.54 Å². The summed E-state index contributed by atoms with van der Waals surface area (Å²) >= 11 is 17.4. The Balaban J connectivity index is 3.06. The van der Waals surface area contributed by atoms with Crippen LogP contribution in [0.1, 0.15) is 51.4 Å². The lowest BCUT2D eigenvalue weighted by atomic mass is 10.1. The van der Waals surface area contributed by atoms with Crippen LogP contribution < -0.4 is 0 Å². The number of aliphatic imine (C=N–C) groups is 1. The zero-order valence-corrected chi connectivity index (χ0v) is 13.3. The van der Waals surface area contributed by atoms with Gasteiger partial charge in [-0.2, -0.15) is 0 Å². The standard InChI is InChI=1S/C11H20Cl3NOSi/c12-17(13,14)10-8-6-4-2-1-3-5-7-9-15-11-16/h1-10H2. The fourth-order valence-electron chi connectivity index (χ4n) is 1.62. The Morgan fingerprint density at radius 2 is 1.29 bits per heavy atom. The Bertz CT molecular complexity index is 227. The molecule has 0 fully saturated rings. The van der Waals surface area contributed by atoms with Crippen LogP contribution in [0.4, 0.5) is 0 Å². The first-order valence-corrected chi connectivity index (χ1v) is 11.4. The van der Waals surface area contributed by atoms with Gasteiger partial charge in [0.25, 0.3) is 0 Å². The Morgan fingerprint density at radius 3 is 1.76 bits per heavy atom. The Morgan fingerprint density at radius 1 is 0.824 bits per heavy atom. The van der Waals surface area contributed by atoms with E-state index in [1.54, 1.807) is 6.08 Å². The zero-order valence-electron chi connectivity index (χ0n) is 10.1. The number of hydrogen-bond acceptors (Lipinski definition) is 2. The van der Waals surface area contributed by atoms with Gasteiger partial charge in [0, 0.05) is 0 Å². The molecule has 0 aliphatic carbocycles. The third-order valence-corrected chi connectivity index (χ3v) is 5.17. The summed E-state index contributed by atoms with van der Waals surface area (Å²) in [7, 11) is 0. The van der Waals surface area contributed by atoms with Crippen LogP contribution in [0.2, 0.25) is 6.04 Å². The van der Waals surface area contributed by atoms with Crippen LogP contribution in [0, 0.1) is 0 Å². The van der Waals surface area contributed by atoms with Gasteiger partial charge in [0.2, 0.25) is 6.08 Å². The van der Waals surface area contributed by atoms with E-state index in [0.717, 1.165) is 31.7 Å². The van der Waals surface area contributed by atoms with Crippen LogP contribution in [0.3, 0.4) is 0 Å². The molecule has 2 nitrogen and oxygen atoms in total. The van der Waals surface area contributed by atoms with Gasteiger partial charge in [-0.3, -0.25) is 0 Å². The van der Waals surface area contributed by atoms with Crippen LogP contribution in [0.5, 0.6) is 0 Å². The highest BCUT2D eigenvalue weighted by molar-refractivity contribution is 7.64. The SMILES string of the molecule is O=C=NCCCCCCCCCC[Si](Cl)(Cl)Cl. The number of rotatable bonds is 11. The predicted octanol–water partition coefficient (Wildman–Crippen LogP) is 5.10. The van der Waals surface area contributed by atoms with Gasteiger partial charge in [-0.1, -0.05) is 44.9 Å². The molecule has 0 spiro atoms. The van der Waals surface area contributed by atoms with Crippen LogP contribution >= 0.6 is 33.2 Å². The summed E-state index contributed by atoms with van der Waals surface area (Å²) in [4.78, 5) is 13.3. The van der Waals surface area contributed by atoms with E-state index < -0.39 is 6.00 Å². The summed E-state index contributed by atoms with van der Waals surface area (Å²) in [6.45, 7) is 0.622. The minimum Gasteiger partial charge on any atom is -0.211 e. The lowest BCUT2D eigenvalue weighted by Gasteiger charge is -2.06. The summed E-state index contributed by atoms with van der Waals surface area (Å²) in [6.07, 6.45) is 10.8. The van der Waals surface area contributed by atoms with Crippen molar-refractivity contribution < 1.29 is 4.79 Å². The van der Waals surface area contributed by atoms with Crippen molar-refractivity contribution in [1.29, 1.82) is 0 Å². The molecule has 0 heterocycles. The minimum absolute atomic E-state index is 0.622. The van der Waals surface area contributed by atoms with E-state index in [4.69, 9.17) is 33.2 Å². The third kappa shape index (κ3) is 16.5. The molecule has 0 N–H and O–H groups in total. The van der Waals surface area contributed by atoms with E-state index in [2.05, 4.69) is 4.99 Å². The molecule has 0 amide bonds. The maximum absolute atomic E-state index is 9.79. The molecule has 6 heteroatoms. The van der Waals surface area contributed by atoms with Crippen LogP contribution in [-0.4, -0.2) is 18.6 Å². The smallest absolute Gasteiger partial charge is 0.211 e. The minimum atomic E-state index is -2.38. The lowest BCUT2D eigenvalue weighted by Crippen LogP contribution is -2.07. The van der Waals surface area contributed by atoms with Gasteiger partial charge in [0.1, 0.15) is 0 Å². The van der Waals surface area contributed by atoms with Crippen LogP contribution in [0.25, 0.3) is 0 Å². The van der Waals surface area contributed by atoms with Crippen molar-refractivity contribution in [3.63, 3.8) is 0 Å². The van der Waals surface area contributed by atoms with Gasteiger partial charge in [-0.05, 0) is 12.5 Å². The summed E-state index contributed by atoms with van der Waals surface area (Å²) in [5, 5.41) is 0. The molecular formula is C11H20Cl3NOSi. The van der Waals surface area contributed by atoms with Crippen molar-refractivity contribution in [3.8, 4) is 0 Å². The van der Waals surface area contributed by atoms with Gasteiger partial charge in [-0.15, -0.1) is 33.2 Å². The van der Waals surface area contributed by atoms with Crippen LogP contribution in [0.15, 0.2) is 4.99 Å². The summed E-state index contributed by atoms with van der Waals surface area (Å²) in [5.74, 6) is 0. The molecule has 0 bridgehead atoms. The first kappa shape index (κ1) is 17.5. The highest BCUT2D eigenvalue weighted by atomic mass is 35.8. The number of carbonyl (C=O) groups excluding carboxylic acids is 1. The molecule has 17 heavy (non-hydrogen) atoms. The van der Waals surface area contributed by atoms with Crippen molar-refractivity contribution in [1.82, 2.24) is 0 Å². The van der Waals surface area contributed by atoms with E-state index >= 15 is 0 Å². The quantitative estimate of drug-likeness (QED) is 0.171. The summed E-state index contributed by atoms with van der Waals surface area (Å²) in [6, 6.07) is -1.60. The molecule has 100 valence electrons. The topological polar surface area (TPSA) is 29.4 Å². The molecular weight excluding hydrogens is 297 g/mol. The van der Waals surface area contributed by atoms with Crippen molar-refractivity contribution >= 4 is 45.3 Å². The molecule has 0 aliphatic rings. The molecule has 0 radical (unpaired) electrons. The van der Waals surface area contributed by atoms with E-state index in [-0.39, 0.29) is 0 Å². The van der Waals surface area contributed by atoms with E-state index in [9.17, 15) is 4.79 Å². The maximum Gasteiger partial charge on any atom is 0.341 e. The Hall–Kier alpha value is 0.467. The molecule has 0 aromatic heterocycles. The highest BCUT2D eigenvalue weighted by Crippen LogP contribution is 2.27. The maximum atomic E-state index is 9.79. The zero-order chi connectivity index (χ0) is 13.0. The molecule has 0 unspecified atom stereocenters. The first-order valence-electron chi connectivity index (χ1n) is 6.16. The summed E-state index contributed by atoms with van der Waals surface area (Å²) < 4.78 is 0. The number of isocyanates is 1. The van der Waals surface area contributed by atoms with Gasteiger partial charge >= 0.3 is 6.00 Å². The van der Waals surface area contributed by atoms with Gasteiger partial charge < -0.3 is 0 Å². The number of halogens is 3. The highest BCUT2D eigenvalue weighted by Gasteiger charge is 2.23. The second-order valence-electron chi connectivity index (χ2n) is 4.17. The molecule has 0 saturated carbocycles. The van der Waals surface area contributed by atoms with Crippen molar-refractivity contribution in [2.24, 2.45) is 4.99 Å². The Kier molecular flexibility index (Phi) is 11.9. The second kappa shape index (κ2) is 11.6. The third-order valence-electron chi connectivity index (χ3n) is 2.54. The number of nitrogens with zero attached hydrogens (tertiary/aromatic N) is 1. The molecule has 0 atom stereocenters. The Labute approximate surface area is 119 Å².